The molecule has 3 aliphatic heterocycles. The van der Waals surface area contributed by atoms with Crippen LogP contribution in [0.4, 0.5) is 0 Å². The lowest BCUT2D eigenvalue weighted by Crippen LogP contribution is -2.64. The van der Waals surface area contributed by atoms with E-state index in [9.17, 15) is 4.79 Å². The molecule has 6 rings (SSSR count). The highest BCUT2D eigenvalue weighted by Gasteiger charge is 2.47. The van der Waals surface area contributed by atoms with Crippen LogP contribution >= 0.6 is 22.7 Å². The van der Waals surface area contributed by atoms with Gasteiger partial charge in [-0.1, -0.05) is 0 Å². The third kappa shape index (κ3) is 2.52. The third-order valence-corrected chi connectivity index (χ3v) is 7.67. The van der Waals surface area contributed by atoms with Crippen LogP contribution in [0.5, 0.6) is 0 Å². The summed E-state index contributed by atoms with van der Waals surface area (Å²) in [4.78, 5) is 21.8. The van der Waals surface area contributed by atoms with Crippen molar-refractivity contribution in [3.63, 3.8) is 0 Å². The zero-order valence-electron chi connectivity index (χ0n) is 13.7. The highest BCUT2D eigenvalue weighted by Crippen LogP contribution is 2.43. The molecule has 5 heterocycles. The number of hydrogen-bond donors (Lipinski definition) is 1. The lowest BCUT2D eigenvalue weighted by atomic mass is 9.65. The Hall–Kier alpha value is -1.24. The van der Waals surface area contributed by atoms with Crippen LogP contribution in [0, 0.1) is 24.7 Å². The molecule has 4 fully saturated rings. The lowest BCUT2D eigenvalue weighted by molar-refractivity contribution is -0.0418. The van der Waals surface area contributed by atoms with Gasteiger partial charge >= 0.3 is 0 Å². The Morgan fingerprint density at radius 3 is 2.71 bits per heavy atom. The summed E-state index contributed by atoms with van der Waals surface area (Å²) < 4.78 is 0. The van der Waals surface area contributed by atoms with E-state index in [-0.39, 0.29) is 5.91 Å². The van der Waals surface area contributed by atoms with Crippen LogP contribution in [0.25, 0.3) is 10.6 Å². The molecule has 1 N–H and O–H groups in total. The van der Waals surface area contributed by atoms with Crippen LogP contribution in [0.3, 0.4) is 0 Å². The minimum Gasteiger partial charge on any atom is -0.348 e. The average Bonchev–Trinajstić information content (AvgIpc) is 3.18. The van der Waals surface area contributed by atoms with Gasteiger partial charge in [0, 0.05) is 31.1 Å². The third-order valence-electron chi connectivity index (χ3n) is 5.79. The summed E-state index contributed by atoms with van der Waals surface area (Å²) in [6.07, 6.45) is 2.59. The Labute approximate surface area is 149 Å². The largest absolute Gasteiger partial charge is 0.348 e. The molecule has 2 aromatic rings. The second-order valence-electron chi connectivity index (χ2n) is 7.49. The van der Waals surface area contributed by atoms with E-state index in [1.165, 1.54) is 32.5 Å². The first-order valence-corrected chi connectivity index (χ1v) is 10.4. The summed E-state index contributed by atoms with van der Waals surface area (Å²) in [6.45, 7) is 5.64. The van der Waals surface area contributed by atoms with Gasteiger partial charge in [0.25, 0.3) is 5.91 Å². The van der Waals surface area contributed by atoms with E-state index < -0.39 is 0 Å². The molecule has 4 bridgehead atoms. The van der Waals surface area contributed by atoms with Gasteiger partial charge in [-0.15, -0.1) is 22.7 Å². The minimum atomic E-state index is 0.102. The average molecular weight is 360 g/mol. The van der Waals surface area contributed by atoms with E-state index in [0.29, 0.717) is 17.9 Å². The summed E-state index contributed by atoms with van der Waals surface area (Å²) in [6, 6.07) is 4.35. The van der Waals surface area contributed by atoms with E-state index in [4.69, 9.17) is 0 Å². The molecular weight excluding hydrogens is 338 g/mol. The number of carbonyl (C=O) groups is 1. The highest BCUT2D eigenvalue weighted by atomic mass is 32.1. The number of thiazole rings is 1. The van der Waals surface area contributed by atoms with Gasteiger partial charge in [0.05, 0.1) is 20.5 Å². The van der Waals surface area contributed by atoms with Crippen LogP contribution < -0.4 is 5.32 Å². The minimum absolute atomic E-state index is 0.102. The first-order chi connectivity index (χ1) is 11.7. The predicted octanol–water partition coefficient (Wildman–Crippen LogP) is 3.25. The molecule has 0 spiro atoms. The number of thiophene rings is 1. The van der Waals surface area contributed by atoms with Crippen LogP contribution in [0.2, 0.25) is 0 Å². The fourth-order valence-corrected chi connectivity index (χ4v) is 6.50. The number of nitrogens with one attached hydrogen (secondary N) is 1. The molecule has 6 heteroatoms. The molecule has 2 aromatic heterocycles. The summed E-state index contributed by atoms with van der Waals surface area (Å²) in [7, 11) is 0. The molecule has 0 aromatic carbocycles. The van der Waals surface area contributed by atoms with Crippen molar-refractivity contribution in [3.05, 3.63) is 27.4 Å². The van der Waals surface area contributed by atoms with Gasteiger partial charge in [0.1, 0.15) is 0 Å². The van der Waals surface area contributed by atoms with Gasteiger partial charge in [-0.25, -0.2) is 4.98 Å². The molecule has 4 aliphatic rings. The van der Waals surface area contributed by atoms with E-state index in [1.807, 2.05) is 19.1 Å². The van der Waals surface area contributed by atoms with Crippen molar-refractivity contribution < 1.29 is 4.79 Å². The normalized spacial score (nSPS) is 33.8. The maximum atomic E-state index is 12.8. The first kappa shape index (κ1) is 15.0. The van der Waals surface area contributed by atoms with Crippen molar-refractivity contribution in [3.8, 4) is 10.6 Å². The Morgan fingerprint density at radius 1 is 1.25 bits per heavy atom. The number of piperidine rings is 3. The van der Waals surface area contributed by atoms with E-state index in [2.05, 4.69) is 20.6 Å². The SMILES string of the molecule is Cc1nc(-c2ccc(C(=O)NC3C4CC5CC3CN(C5)C4)s2)cs1. The number of amides is 1. The van der Waals surface area contributed by atoms with Crippen LogP contribution in [-0.4, -0.2) is 41.5 Å². The number of aromatic nitrogens is 1. The Bertz CT molecular complexity index is 753. The quantitative estimate of drug-likeness (QED) is 0.915. The van der Waals surface area contributed by atoms with Crippen molar-refractivity contribution >= 4 is 28.6 Å². The maximum absolute atomic E-state index is 12.8. The zero-order chi connectivity index (χ0) is 16.3. The fourth-order valence-electron chi connectivity index (χ4n) is 4.94. The summed E-state index contributed by atoms with van der Waals surface area (Å²) in [5.41, 5.74) is 0.990. The molecule has 1 amide bonds. The van der Waals surface area contributed by atoms with E-state index >= 15 is 0 Å². The van der Waals surface area contributed by atoms with E-state index in [1.54, 1.807) is 22.7 Å². The molecule has 2 unspecified atom stereocenters. The standard InChI is InChI=1S/C18H21N3OS2/c1-10-19-14(9-23-10)15-2-3-16(24-15)18(22)20-17-12-4-11-5-13(17)8-21(6-11)7-12/h2-3,9,11-13,17H,4-8H2,1H3,(H,20,22). The fraction of sp³-hybridized carbons (Fsp3) is 0.556. The van der Waals surface area contributed by atoms with Crippen molar-refractivity contribution in [2.45, 2.75) is 25.8 Å². The van der Waals surface area contributed by atoms with Gasteiger partial charge in [-0.3, -0.25) is 4.79 Å². The topological polar surface area (TPSA) is 45.2 Å². The molecule has 2 atom stereocenters. The second kappa shape index (κ2) is 5.64. The monoisotopic (exact) mass is 359 g/mol. The predicted molar refractivity (Wildman–Crippen MR) is 97.6 cm³/mol. The molecule has 1 saturated carbocycles. The van der Waals surface area contributed by atoms with Crippen LogP contribution in [0.15, 0.2) is 17.5 Å². The molecule has 0 radical (unpaired) electrons. The number of aryl methyl sites for hydroxylation is 1. The Balaban J connectivity index is 1.32. The van der Waals surface area contributed by atoms with Gasteiger partial charge in [-0.2, -0.15) is 0 Å². The molecule has 1 aliphatic carbocycles. The number of rotatable bonds is 3. The highest BCUT2D eigenvalue weighted by molar-refractivity contribution is 7.17. The van der Waals surface area contributed by atoms with Gasteiger partial charge < -0.3 is 10.2 Å². The Kier molecular flexibility index (Phi) is 3.54. The van der Waals surface area contributed by atoms with Crippen LogP contribution in [0.1, 0.15) is 27.5 Å². The Morgan fingerprint density at radius 2 is 2.04 bits per heavy atom. The van der Waals surface area contributed by atoms with Gasteiger partial charge in [-0.05, 0) is 49.7 Å². The van der Waals surface area contributed by atoms with Crippen molar-refractivity contribution in [1.82, 2.24) is 15.2 Å². The van der Waals surface area contributed by atoms with E-state index in [0.717, 1.165) is 26.4 Å². The number of carbonyl (C=O) groups excluding carboxylic acids is 1. The van der Waals surface area contributed by atoms with Crippen molar-refractivity contribution in [2.75, 3.05) is 19.6 Å². The van der Waals surface area contributed by atoms with Gasteiger partial charge in [0.15, 0.2) is 0 Å². The van der Waals surface area contributed by atoms with Crippen molar-refractivity contribution in [2.24, 2.45) is 17.8 Å². The van der Waals surface area contributed by atoms with Crippen LogP contribution in [-0.2, 0) is 0 Å². The number of hydrogen-bond acceptors (Lipinski definition) is 5. The maximum Gasteiger partial charge on any atom is 0.261 e. The summed E-state index contributed by atoms with van der Waals surface area (Å²) in [5.74, 6) is 2.28. The molecule has 3 saturated heterocycles. The van der Waals surface area contributed by atoms with Crippen molar-refractivity contribution in [1.29, 1.82) is 0 Å². The lowest BCUT2D eigenvalue weighted by Gasteiger charge is -2.55. The zero-order valence-corrected chi connectivity index (χ0v) is 15.3. The smallest absolute Gasteiger partial charge is 0.261 e. The second-order valence-corrected chi connectivity index (χ2v) is 9.64. The molecular formula is C18H21N3OS2. The number of nitrogens with zero attached hydrogens (tertiary/aromatic N) is 2. The summed E-state index contributed by atoms with van der Waals surface area (Å²) in [5, 5.41) is 6.50. The van der Waals surface area contributed by atoms with Gasteiger partial charge in [0.2, 0.25) is 0 Å². The summed E-state index contributed by atoms with van der Waals surface area (Å²) >= 11 is 3.21. The first-order valence-electron chi connectivity index (χ1n) is 8.71. The molecule has 24 heavy (non-hydrogen) atoms. The molecule has 4 nitrogen and oxygen atoms in total. The molecule has 126 valence electrons.